The molecule has 0 radical (unpaired) electrons. The van der Waals surface area contributed by atoms with Crippen molar-refractivity contribution in [3.05, 3.63) is 64.2 Å². The molecule has 1 fully saturated rings. The molecular formula is C22H20ClN3O7. The van der Waals surface area contributed by atoms with Crippen LogP contribution in [0.25, 0.3) is 0 Å². The van der Waals surface area contributed by atoms with Crippen molar-refractivity contribution in [2.45, 2.75) is 12.5 Å². The van der Waals surface area contributed by atoms with Gasteiger partial charge in [0, 0.05) is 16.3 Å². The van der Waals surface area contributed by atoms with Gasteiger partial charge in [0.1, 0.15) is 12.1 Å². The fourth-order valence-corrected chi connectivity index (χ4v) is 3.73. The number of nitrogens with one attached hydrogen (secondary N) is 2. The largest absolute Gasteiger partial charge is 0.465 e. The summed E-state index contributed by atoms with van der Waals surface area (Å²) in [4.78, 5) is 62.7. The number of halogens is 1. The van der Waals surface area contributed by atoms with Crippen LogP contribution in [0.1, 0.15) is 33.2 Å². The molecule has 0 bridgehead atoms. The second kappa shape index (κ2) is 9.29. The van der Waals surface area contributed by atoms with Crippen molar-refractivity contribution >= 4 is 47.1 Å². The van der Waals surface area contributed by atoms with Crippen LogP contribution in [0, 0.1) is 0 Å². The second-order valence-corrected chi connectivity index (χ2v) is 7.66. The Kier molecular flexibility index (Phi) is 6.68. The molecule has 0 spiro atoms. The van der Waals surface area contributed by atoms with E-state index < -0.39 is 41.9 Å². The fraction of sp³-hybridized carbons (Fsp3) is 0.227. The number of hydrogen-bond donors (Lipinski definition) is 2. The van der Waals surface area contributed by atoms with Crippen molar-refractivity contribution < 1.29 is 33.4 Å². The molecule has 1 heterocycles. The zero-order valence-corrected chi connectivity index (χ0v) is 18.7. The van der Waals surface area contributed by atoms with Gasteiger partial charge in [0.05, 0.1) is 25.3 Å². The molecule has 1 atom stereocenters. The topological polar surface area (TPSA) is 131 Å². The van der Waals surface area contributed by atoms with Gasteiger partial charge >= 0.3 is 18.0 Å². The molecule has 1 saturated heterocycles. The number of carbonyl (C=O) groups is 5. The molecule has 1 aliphatic heterocycles. The van der Waals surface area contributed by atoms with Crippen LogP contribution < -0.4 is 10.6 Å². The van der Waals surface area contributed by atoms with Crippen LogP contribution in [-0.2, 0) is 24.6 Å². The lowest BCUT2D eigenvalue weighted by atomic mass is 9.92. The zero-order valence-electron chi connectivity index (χ0n) is 17.9. The van der Waals surface area contributed by atoms with Gasteiger partial charge in [-0.05, 0) is 31.2 Å². The maximum Gasteiger partial charge on any atom is 0.337 e. The monoisotopic (exact) mass is 473 g/mol. The molecule has 4 amide bonds. The molecule has 0 saturated carbocycles. The Bertz CT molecular complexity index is 1130. The summed E-state index contributed by atoms with van der Waals surface area (Å²) in [6.45, 7) is 0.884. The minimum atomic E-state index is -1.45. The first-order valence-electron chi connectivity index (χ1n) is 9.61. The maximum atomic E-state index is 13.0. The molecule has 2 aromatic carbocycles. The normalized spacial score (nSPS) is 17.4. The zero-order chi connectivity index (χ0) is 24.3. The van der Waals surface area contributed by atoms with E-state index >= 15 is 0 Å². The SMILES string of the molecule is COC(=O)c1cc(NC(=O)CN2C(=O)N[C@@](C)(c3ccccc3Cl)C2=O)cc(C(=O)OC)c1. The third kappa shape index (κ3) is 4.65. The maximum absolute atomic E-state index is 13.0. The van der Waals surface area contributed by atoms with Crippen molar-refractivity contribution in [2.24, 2.45) is 0 Å². The van der Waals surface area contributed by atoms with Gasteiger partial charge in [0.25, 0.3) is 5.91 Å². The average molecular weight is 474 g/mol. The van der Waals surface area contributed by atoms with Crippen molar-refractivity contribution in [1.29, 1.82) is 0 Å². The lowest BCUT2D eigenvalue weighted by Crippen LogP contribution is -2.42. The molecule has 0 aromatic heterocycles. The van der Waals surface area contributed by atoms with Crippen LogP contribution in [-0.4, -0.2) is 55.4 Å². The first kappa shape index (κ1) is 23.7. The Morgan fingerprint density at radius 1 is 1.03 bits per heavy atom. The standard InChI is InChI=1S/C22H20ClN3O7/c1-22(15-6-4-5-7-16(15)23)20(30)26(21(31)25-22)11-17(27)24-14-9-12(18(28)32-2)8-13(10-14)19(29)33-3/h4-10H,11H2,1-3H3,(H,24,27)(H,25,31)/t22-/m0/s1. The number of methoxy groups -OCH3 is 2. The first-order chi connectivity index (χ1) is 15.6. The number of esters is 2. The van der Waals surface area contributed by atoms with Gasteiger partial charge in [-0.1, -0.05) is 29.8 Å². The van der Waals surface area contributed by atoms with E-state index in [1.165, 1.54) is 39.3 Å². The number of nitrogens with zero attached hydrogens (tertiary/aromatic N) is 1. The van der Waals surface area contributed by atoms with E-state index in [0.717, 1.165) is 4.90 Å². The highest BCUT2D eigenvalue weighted by atomic mass is 35.5. The summed E-state index contributed by atoms with van der Waals surface area (Å²) >= 11 is 6.20. The highest BCUT2D eigenvalue weighted by Gasteiger charge is 2.50. The second-order valence-electron chi connectivity index (χ2n) is 7.26. The van der Waals surface area contributed by atoms with E-state index in [2.05, 4.69) is 20.1 Å². The minimum Gasteiger partial charge on any atom is -0.465 e. The number of rotatable bonds is 6. The number of amides is 4. The van der Waals surface area contributed by atoms with Crippen LogP contribution in [0.4, 0.5) is 10.5 Å². The number of hydrogen-bond acceptors (Lipinski definition) is 7. The Hall–Kier alpha value is -3.92. The summed E-state index contributed by atoms with van der Waals surface area (Å²) in [7, 11) is 2.33. The third-order valence-electron chi connectivity index (χ3n) is 5.05. The Morgan fingerprint density at radius 3 is 2.15 bits per heavy atom. The highest BCUT2D eigenvalue weighted by molar-refractivity contribution is 6.32. The summed E-state index contributed by atoms with van der Waals surface area (Å²) in [6.07, 6.45) is 0. The van der Waals surface area contributed by atoms with E-state index in [4.69, 9.17) is 11.6 Å². The fourth-order valence-electron chi connectivity index (χ4n) is 3.41. The number of benzene rings is 2. The van der Waals surface area contributed by atoms with Gasteiger partial charge in [0.2, 0.25) is 5.91 Å². The van der Waals surface area contributed by atoms with Crippen molar-refractivity contribution in [1.82, 2.24) is 10.2 Å². The van der Waals surface area contributed by atoms with E-state index in [9.17, 15) is 24.0 Å². The molecule has 0 unspecified atom stereocenters. The van der Waals surface area contributed by atoms with Crippen LogP contribution >= 0.6 is 11.6 Å². The molecule has 3 rings (SSSR count). The van der Waals surface area contributed by atoms with E-state index in [0.29, 0.717) is 5.56 Å². The van der Waals surface area contributed by atoms with Gasteiger partial charge in [-0.2, -0.15) is 0 Å². The number of imide groups is 1. The van der Waals surface area contributed by atoms with Gasteiger partial charge in [0.15, 0.2) is 0 Å². The molecule has 0 aliphatic carbocycles. The average Bonchev–Trinajstić information content (AvgIpc) is 3.01. The van der Waals surface area contributed by atoms with Crippen LogP contribution in [0.15, 0.2) is 42.5 Å². The van der Waals surface area contributed by atoms with Crippen molar-refractivity contribution in [2.75, 3.05) is 26.1 Å². The molecule has 2 aromatic rings. The molecule has 2 N–H and O–H groups in total. The first-order valence-corrected chi connectivity index (χ1v) is 9.99. The van der Waals surface area contributed by atoms with Crippen molar-refractivity contribution in [3.8, 4) is 0 Å². The predicted octanol–water partition coefficient (Wildman–Crippen LogP) is 2.32. The van der Waals surface area contributed by atoms with Crippen LogP contribution in [0.5, 0.6) is 0 Å². The summed E-state index contributed by atoms with van der Waals surface area (Å²) in [5, 5.41) is 5.33. The number of urea groups is 1. The summed E-state index contributed by atoms with van der Waals surface area (Å²) in [5.74, 6) is -2.87. The lowest BCUT2D eigenvalue weighted by molar-refractivity contribution is -0.133. The van der Waals surface area contributed by atoms with E-state index in [-0.39, 0.29) is 21.8 Å². The third-order valence-corrected chi connectivity index (χ3v) is 5.38. The number of ether oxygens (including phenoxy) is 2. The number of anilines is 1. The van der Waals surface area contributed by atoms with E-state index in [1.807, 2.05) is 0 Å². The summed E-state index contributed by atoms with van der Waals surface area (Å²) < 4.78 is 9.31. The smallest absolute Gasteiger partial charge is 0.337 e. The van der Waals surface area contributed by atoms with Gasteiger partial charge in [-0.15, -0.1) is 0 Å². The van der Waals surface area contributed by atoms with Gasteiger partial charge in [-0.25, -0.2) is 14.4 Å². The molecule has 172 valence electrons. The lowest BCUT2D eigenvalue weighted by Gasteiger charge is -2.23. The number of carbonyl (C=O) groups excluding carboxylic acids is 5. The molecule has 1 aliphatic rings. The molecule has 11 heteroatoms. The Balaban J connectivity index is 1.82. The highest BCUT2D eigenvalue weighted by Crippen LogP contribution is 2.33. The Labute approximate surface area is 193 Å². The minimum absolute atomic E-state index is 0.00279. The summed E-state index contributed by atoms with van der Waals surface area (Å²) in [5.41, 5.74) is -0.988. The van der Waals surface area contributed by atoms with E-state index in [1.54, 1.807) is 24.3 Å². The quantitative estimate of drug-likeness (QED) is 0.486. The van der Waals surface area contributed by atoms with Crippen LogP contribution in [0.3, 0.4) is 0 Å². The molecule has 33 heavy (non-hydrogen) atoms. The van der Waals surface area contributed by atoms with Crippen LogP contribution in [0.2, 0.25) is 5.02 Å². The molecule has 10 nitrogen and oxygen atoms in total. The van der Waals surface area contributed by atoms with Gasteiger partial charge < -0.3 is 20.1 Å². The molecular weight excluding hydrogens is 454 g/mol. The summed E-state index contributed by atoms with van der Waals surface area (Å²) in [6, 6.07) is 9.62. The van der Waals surface area contributed by atoms with Crippen molar-refractivity contribution in [3.63, 3.8) is 0 Å². The Morgan fingerprint density at radius 2 is 1.61 bits per heavy atom. The predicted molar refractivity (Wildman–Crippen MR) is 117 cm³/mol. The van der Waals surface area contributed by atoms with Gasteiger partial charge in [-0.3, -0.25) is 14.5 Å².